The number of aromatic nitrogens is 2. The molecule has 0 unspecified atom stereocenters. The van der Waals surface area contributed by atoms with E-state index in [1.54, 1.807) is 24.3 Å². The molecular weight excluding hydrogens is 232 g/mol. The molecule has 1 aromatic carbocycles. The quantitative estimate of drug-likeness (QED) is 0.575. The van der Waals surface area contributed by atoms with Crippen LogP contribution >= 0.6 is 11.6 Å². The van der Waals surface area contributed by atoms with E-state index in [2.05, 4.69) is 9.79 Å². The average Bonchev–Trinajstić information content (AvgIpc) is 2.60. The number of carbonyl (C=O) groups excluding carboxylic acids is 1. The Labute approximate surface area is 95.8 Å². The van der Waals surface area contributed by atoms with E-state index >= 15 is 0 Å². The summed E-state index contributed by atoms with van der Waals surface area (Å²) < 4.78 is 5.50. The molecule has 0 aliphatic carbocycles. The van der Waals surface area contributed by atoms with Crippen LogP contribution < -0.4 is 9.79 Å². The van der Waals surface area contributed by atoms with E-state index in [-0.39, 0.29) is 10.9 Å². The number of hydrogen-bond acceptors (Lipinski definition) is 4. The van der Waals surface area contributed by atoms with Gasteiger partial charge in [-0.3, -0.25) is 4.79 Å². The molecule has 2 rings (SSSR count). The van der Waals surface area contributed by atoms with Crippen molar-refractivity contribution in [3.63, 3.8) is 0 Å². The van der Waals surface area contributed by atoms with Crippen LogP contribution in [0.3, 0.4) is 0 Å². The molecule has 16 heavy (non-hydrogen) atoms. The topological polar surface area (TPSA) is 70.0 Å². The lowest BCUT2D eigenvalue weighted by Crippen LogP contribution is -2.35. The molecule has 0 saturated heterocycles. The first-order chi connectivity index (χ1) is 7.61. The van der Waals surface area contributed by atoms with Gasteiger partial charge in [0.05, 0.1) is 10.8 Å². The lowest BCUT2D eigenvalue weighted by atomic mass is 10.1. The zero-order chi connectivity index (χ0) is 11.7. The first-order valence-corrected chi connectivity index (χ1v) is 4.84. The summed E-state index contributed by atoms with van der Waals surface area (Å²) in [6.45, 7) is 1.42. The summed E-state index contributed by atoms with van der Waals surface area (Å²) in [6.07, 6.45) is 0. The summed E-state index contributed by atoms with van der Waals surface area (Å²) in [7, 11) is 0. The van der Waals surface area contributed by atoms with Crippen molar-refractivity contribution >= 4 is 17.4 Å². The van der Waals surface area contributed by atoms with Crippen LogP contribution in [0.15, 0.2) is 28.8 Å². The Balaban J connectivity index is 2.64. The molecule has 0 atom stereocenters. The molecule has 0 fully saturated rings. The van der Waals surface area contributed by atoms with Gasteiger partial charge in [0.1, 0.15) is 0 Å². The van der Waals surface area contributed by atoms with Gasteiger partial charge in [-0.25, -0.2) is 0 Å². The minimum absolute atomic E-state index is 0.144. The summed E-state index contributed by atoms with van der Waals surface area (Å²) in [4.78, 5) is 11.4. The Kier molecular flexibility index (Phi) is 2.62. The van der Waals surface area contributed by atoms with E-state index in [9.17, 15) is 9.90 Å². The number of carbonyl (C=O) groups is 1. The summed E-state index contributed by atoms with van der Waals surface area (Å²) in [5.41, 5.74) is 0.841. The number of para-hydroxylation sites is 1. The molecule has 1 heterocycles. The van der Waals surface area contributed by atoms with Gasteiger partial charge in [0.25, 0.3) is 5.69 Å². The zero-order valence-electron chi connectivity index (χ0n) is 8.31. The highest BCUT2D eigenvalue weighted by molar-refractivity contribution is 6.29. The number of halogens is 1. The van der Waals surface area contributed by atoms with Crippen molar-refractivity contribution in [2.45, 2.75) is 6.92 Å². The lowest BCUT2D eigenvalue weighted by Gasteiger charge is -1.97. The molecule has 1 aromatic heterocycles. The number of hydrogen-bond donors (Lipinski definition) is 0. The highest BCUT2D eigenvalue weighted by Crippen LogP contribution is 2.17. The van der Waals surface area contributed by atoms with Gasteiger partial charge in [-0.1, -0.05) is 12.1 Å². The van der Waals surface area contributed by atoms with Crippen molar-refractivity contribution < 1.29 is 19.1 Å². The van der Waals surface area contributed by atoms with Crippen molar-refractivity contribution in [1.29, 1.82) is 0 Å². The van der Waals surface area contributed by atoms with Gasteiger partial charge in [0.15, 0.2) is 11.7 Å². The van der Waals surface area contributed by atoms with Crippen LogP contribution in [0.1, 0.15) is 17.3 Å². The summed E-state index contributed by atoms with van der Waals surface area (Å²) >= 11 is 5.70. The van der Waals surface area contributed by atoms with Crippen LogP contribution in [0.5, 0.6) is 5.95 Å². The third-order valence-electron chi connectivity index (χ3n) is 2.07. The van der Waals surface area contributed by atoms with Gasteiger partial charge in [0.2, 0.25) is 0 Å². The second kappa shape index (κ2) is 3.94. The molecule has 0 N–H and O–H groups in total. The van der Waals surface area contributed by atoms with E-state index in [4.69, 9.17) is 11.6 Å². The van der Waals surface area contributed by atoms with Crippen molar-refractivity contribution in [1.82, 2.24) is 5.27 Å². The number of rotatable bonds is 2. The third-order valence-corrected chi connectivity index (χ3v) is 2.39. The first-order valence-electron chi connectivity index (χ1n) is 4.46. The van der Waals surface area contributed by atoms with E-state index in [1.165, 1.54) is 6.92 Å². The van der Waals surface area contributed by atoms with Crippen molar-refractivity contribution in [3.8, 4) is 11.6 Å². The predicted molar refractivity (Wildman–Crippen MR) is 52.5 cm³/mol. The van der Waals surface area contributed by atoms with E-state index in [0.717, 1.165) is 4.68 Å². The summed E-state index contributed by atoms with van der Waals surface area (Å²) in [5, 5.41) is 14.3. The van der Waals surface area contributed by atoms with Crippen LogP contribution in [0, 0.1) is 0 Å². The van der Waals surface area contributed by atoms with E-state index in [0.29, 0.717) is 11.3 Å². The largest absolute Gasteiger partial charge is 0.538 e. The van der Waals surface area contributed by atoms with Gasteiger partial charge in [-0.15, -0.1) is 0 Å². The molecule has 0 radical (unpaired) electrons. The molecule has 0 aliphatic heterocycles. The minimum atomic E-state index is -0.736. The number of nitrogens with zero attached hydrogens (tertiary/aromatic N) is 2. The Morgan fingerprint density at radius 1 is 1.50 bits per heavy atom. The fourth-order valence-corrected chi connectivity index (χ4v) is 1.50. The Hall–Kier alpha value is -1.88. The maximum Gasteiger partial charge on any atom is 0.332 e. The fourth-order valence-electron chi connectivity index (χ4n) is 1.34. The lowest BCUT2D eigenvalue weighted by molar-refractivity contribution is -0.668. The van der Waals surface area contributed by atoms with Crippen LogP contribution in [-0.2, 0) is 0 Å². The fraction of sp³-hybridized carbons (Fsp3) is 0.100. The first kappa shape index (κ1) is 10.6. The monoisotopic (exact) mass is 238 g/mol. The number of Topliss-reactive ketones (excluding diaryl/α,β-unsaturated/α-hetero) is 1. The van der Waals surface area contributed by atoms with Gasteiger partial charge in [-0.2, -0.15) is 0 Å². The summed E-state index contributed by atoms with van der Waals surface area (Å²) in [6, 6.07) is 6.68. The third kappa shape index (κ3) is 1.65. The molecule has 0 amide bonds. The Morgan fingerprint density at radius 2 is 2.19 bits per heavy atom. The average molecular weight is 239 g/mol. The molecule has 82 valence electrons. The minimum Gasteiger partial charge on any atom is -0.538 e. The Morgan fingerprint density at radius 3 is 2.75 bits per heavy atom. The maximum atomic E-state index is 11.4. The van der Waals surface area contributed by atoms with Crippen LogP contribution in [-0.4, -0.2) is 11.1 Å². The molecule has 5 nitrogen and oxygen atoms in total. The molecule has 0 bridgehead atoms. The van der Waals surface area contributed by atoms with E-state index < -0.39 is 5.95 Å². The maximum absolute atomic E-state index is 11.4. The smallest absolute Gasteiger partial charge is 0.332 e. The van der Waals surface area contributed by atoms with Crippen LogP contribution in [0.2, 0.25) is 5.15 Å². The number of benzene rings is 1. The van der Waals surface area contributed by atoms with Crippen molar-refractivity contribution in [2.24, 2.45) is 0 Å². The molecule has 0 spiro atoms. The predicted octanol–water partition coefficient (Wildman–Crippen LogP) is 0.881. The van der Waals surface area contributed by atoms with Gasteiger partial charge >= 0.3 is 5.15 Å². The van der Waals surface area contributed by atoms with Gasteiger partial charge < -0.3 is 9.63 Å². The van der Waals surface area contributed by atoms with Crippen LogP contribution in [0.4, 0.5) is 0 Å². The Bertz CT molecular complexity index is 551. The van der Waals surface area contributed by atoms with Gasteiger partial charge in [-0.05, 0) is 29.3 Å². The highest BCUT2D eigenvalue weighted by atomic mass is 35.5. The highest BCUT2D eigenvalue weighted by Gasteiger charge is 2.22. The van der Waals surface area contributed by atoms with Crippen molar-refractivity contribution in [3.05, 3.63) is 35.0 Å². The zero-order valence-corrected chi connectivity index (χ0v) is 9.06. The van der Waals surface area contributed by atoms with Crippen molar-refractivity contribution in [2.75, 3.05) is 0 Å². The molecule has 2 aromatic rings. The number of ketones is 1. The molecular formula is C10H7ClN2O3. The normalized spacial score (nSPS) is 10.4. The second-order valence-corrected chi connectivity index (χ2v) is 3.49. The molecule has 0 aliphatic rings. The standard InChI is InChI=1S/C10H7ClN2O3/c1-6(14)7-4-2-3-5-8(7)13-9(11)10(15)16-12-13/h2-5H,1H3. The summed E-state index contributed by atoms with van der Waals surface area (Å²) in [5.74, 6) is -0.880. The molecule has 0 saturated carbocycles. The van der Waals surface area contributed by atoms with Gasteiger partial charge in [0, 0.05) is 6.07 Å². The van der Waals surface area contributed by atoms with E-state index in [1.807, 2.05) is 0 Å². The molecule has 6 heteroatoms. The van der Waals surface area contributed by atoms with Crippen LogP contribution in [0.25, 0.3) is 5.69 Å². The second-order valence-electron chi connectivity index (χ2n) is 3.14. The SMILES string of the molecule is CC(=O)c1ccccc1-[n+]1noc([O-])c1Cl.